The molecule has 172 valence electrons. The number of carboxylic acids is 1. The lowest BCUT2D eigenvalue weighted by Crippen LogP contribution is -2.30. The molecule has 0 fully saturated rings. The Kier molecular flexibility index (Phi) is 6.62. The summed E-state index contributed by atoms with van der Waals surface area (Å²) in [7, 11) is -3.97. The number of hydrogen-bond acceptors (Lipinski definition) is 5. The van der Waals surface area contributed by atoms with Crippen molar-refractivity contribution in [1.29, 1.82) is 0 Å². The average molecular weight is 472 g/mol. The van der Waals surface area contributed by atoms with Gasteiger partial charge in [-0.2, -0.15) is 4.31 Å². The number of sulfonamides is 1. The van der Waals surface area contributed by atoms with Gasteiger partial charge in [-0.05, 0) is 59.5 Å². The SMILES string of the molecule is O=C(O)CCc1cccc(CN(Cc2ccc3c(c2)OCO3)S(=O)(=O)c2ccc(F)cc2)c1. The van der Waals surface area contributed by atoms with E-state index in [1.165, 1.54) is 16.4 Å². The number of hydrogen-bond donors (Lipinski definition) is 1. The first kappa shape index (κ1) is 22.8. The second-order valence-corrected chi connectivity index (χ2v) is 9.57. The molecule has 1 aliphatic rings. The molecule has 0 aliphatic carbocycles. The van der Waals surface area contributed by atoms with Crippen molar-refractivity contribution in [1.82, 2.24) is 4.31 Å². The fraction of sp³-hybridized carbons (Fsp3) is 0.208. The normalized spacial score (nSPS) is 12.8. The number of ether oxygens (including phenoxy) is 2. The predicted molar refractivity (Wildman–Crippen MR) is 118 cm³/mol. The van der Waals surface area contributed by atoms with Gasteiger partial charge < -0.3 is 14.6 Å². The van der Waals surface area contributed by atoms with E-state index >= 15 is 0 Å². The molecule has 0 amide bonds. The Hall–Kier alpha value is -3.43. The molecule has 0 saturated carbocycles. The minimum Gasteiger partial charge on any atom is -0.481 e. The molecule has 1 N–H and O–H groups in total. The van der Waals surface area contributed by atoms with E-state index in [-0.39, 0.29) is 31.2 Å². The lowest BCUT2D eigenvalue weighted by atomic mass is 10.1. The van der Waals surface area contributed by atoms with Crippen LogP contribution in [0.4, 0.5) is 4.39 Å². The van der Waals surface area contributed by atoms with E-state index in [0.717, 1.165) is 17.7 Å². The Morgan fingerprint density at radius 2 is 1.58 bits per heavy atom. The molecular formula is C24H22FNO6S. The van der Waals surface area contributed by atoms with Gasteiger partial charge in [0.15, 0.2) is 11.5 Å². The van der Waals surface area contributed by atoms with Crippen molar-refractivity contribution in [2.24, 2.45) is 0 Å². The Morgan fingerprint density at radius 3 is 2.30 bits per heavy atom. The summed E-state index contributed by atoms with van der Waals surface area (Å²) < 4.78 is 52.3. The van der Waals surface area contributed by atoms with Crippen LogP contribution >= 0.6 is 0 Å². The average Bonchev–Trinajstić information content (AvgIpc) is 3.26. The lowest BCUT2D eigenvalue weighted by molar-refractivity contribution is -0.136. The van der Waals surface area contributed by atoms with E-state index in [9.17, 15) is 17.6 Å². The first-order valence-corrected chi connectivity index (χ1v) is 11.7. The number of aryl methyl sites for hydroxylation is 1. The van der Waals surface area contributed by atoms with Crippen LogP contribution in [0, 0.1) is 5.82 Å². The molecule has 0 aromatic heterocycles. The number of aliphatic carboxylic acids is 1. The maximum Gasteiger partial charge on any atom is 0.303 e. The largest absolute Gasteiger partial charge is 0.481 e. The summed E-state index contributed by atoms with van der Waals surface area (Å²) in [6.45, 7) is 0.213. The summed E-state index contributed by atoms with van der Waals surface area (Å²) in [5.41, 5.74) is 2.22. The zero-order valence-electron chi connectivity index (χ0n) is 17.6. The lowest BCUT2D eigenvalue weighted by Gasteiger charge is -2.23. The highest BCUT2D eigenvalue weighted by Crippen LogP contribution is 2.33. The Bertz CT molecular complexity index is 1260. The van der Waals surface area contributed by atoms with Crippen molar-refractivity contribution < 1.29 is 32.2 Å². The third-order valence-corrected chi connectivity index (χ3v) is 7.03. The molecule has 0 atom stereocenters. The van der Waals surface area contributed by atoms with Crippen molar-refractivity contribution in [2.75, 3.05) is 6.79 Å². The minimum atomic E-state index is -3.97. The molecule has 0 spiro atoms. The summed E-state index contributed by atoms with van der Waals surface area (Å²) in [6, 6.07) is 17.1. The molecule has 0 radical (unpaired) electrons. The zero-order valence-corrected chi connectivity index (χ0v) is 18.4. The second-order valence-electron chi connectivity index (χ2n) is 7.63. The minimum absolute atomic E-state index is 0.0156. The molecule has 1 aliphatic heterocycles. The highest BCUT2D eigenvalue weighted by molar-refractivity contribution is 7.89. The molecule has 3 aromatic rings. The van der Waals surface area contributed by atoms with E-state index in [1.54, 1.807) is 36.4 Å². The van der Waals surface area contributed by atoms with E-state index < -0.39 is 21.8 Å². The number of carbonyl (C=O) groups is 1. The highest BCUT2D eigenvalue weighted by atomic mass is 32.2. The Morgan fingerprint density at radius 1 is 0.909 bits per heavy atom. The molecule has 7 nitrogen and oxygen atoms in total. The molecular weight excluding hydrogens is 449 g/mol. The van der Waals surface area contributed by atoms with E-state index in [0.29, 0.717) is 29.0 Å². The van der Waals surface area contributed by atoms with Crippen LogP contribution in [-0.4, -0.2) is 30.6 Å². The van der Waals surface area contributed by atoms with Crippen LogP contribution in [0.3, 0.4) is 0 Å². The fourth-order valence-corrected chi connectivity index (χ4v) is 4.98. The summed E-state index contributed by atoms with van der Waals surface area (Å²) in [6.07, 6.45) is 0.328. The van der Waals surface area contributed by atoms with Crippen LogP contribution in [0.2, 0.25) is 0 Å². The van der Waals surface area contributed by atoms with E-state index in [4.69, 9.17) is 14.6 Å². The number of halogens is 1. The fourth-order valence-electron chi connectivity index (χ4n) is 3.56. The molecule has 9 heteroatoms. The third-order valence-electron chi connectivity index (χ3n) is 5.23. The molecule has 1 heterocycles. The topological polar surface area (TPSA) is 93.1 Å². The Labute approximate surface area is 191 Å². The van der Waals surface area contributed by atoms with Gasteiger partial charge in [0.1, 0.15) is 5.82 Å². The first-order valence-electron chi connectivity index (χ1n) is 10.2. The van der Waals surface area contributed by atoms with Gasteiger partial charge in [-0.3, -0.25) is 4.79 Å². The van der Waals surface area contributed by atoms with Crippen LogP contribution in [0.25, 0.3) is 0 Å². The predicted octanol–water partition coefficient (Wildman–Crippen LogP) is 3.96. The maximum atomic E-state index is 13.5. The van der Waals surface area contributed by atoms with E-state index in [2.05, 4.69) is 0 Å². The summed E-state index contributed by atoms with van der Waals surface area (Å²) in [5.74, 6) is -0.286. The number of fused-ring (bicyclic) bond motifs is 1. The van der Waals surface area contributed by atoms with Crippen molar-refractivity contribution in [3.8, 4) is 11.5 Å². The first-order chi connectivity index (χ1) is 15.8. The van der Waals surface area contributed by atoms with Gasteiger partial charge in [0.25, 0.3) is 0 Å². The van der Waals surface area contributed by atoms with Crippen molar-refractivity contribution >= 4 is 16.0 Å². The van der Waals surface area contributed by atoms with Crippen LogP contribution in [0.5, 0.6) is 11.5 Å². The molecule has 4 rings (SSSR count). The standard InChI is InChI=1S/C24H22FNO6S/c25-20-6-8-21(9-7-20)33(29,30)26(15-19-4-10-22-23(13-19)32-16-31-22)14-18-3-1-2-17(12-18)5-11-24(27)28/h1-4,6-10,12-13H,5,11,14-16H2,(H,27,28). The number of benzene rings is 3. The molecule has 0 unspecified atom stereocenters. The van der Waals surface area contributed by atoms with Crippen LogP contribution in [0.1, 0.15) is 23.1 Å². The van der Waals surface area contributed by atoms with Gasteiger partial charge in [-0.25, -0.2) is 12.8 Å². The maximum absolute atomic E-state index is 13.5. The smallest absolute Gasteiger partial charge is 0.303 e. The van der Waals surface area contributed by atoms with Crippen molar-refractivity contribution in [3.05, 3.63) is 89.2 Å². The summed E-state index contributed by atoms with van der Waals surface area (Å²) in [4.78, 5) is 10.9. The molecule has 33 heavy (non-hydrogen) atoms. The quantitative estimate of drug-likeness (QED) is 0.508. The van der Waals surface area contributed by atoms with Gasteiger partial charge in [-0.1, -0.05) is 30.3 Å². The summed E-state index contributed by atoms with van der Waals surface area (Å²) in [5, 5.41) is 8.94. The Balaban J connectivity index is 1.64. The summed E-state index contributed by atoms with van der Waals surface area (Å²) >= 11 is 0. The van der Waals surface area contributed by atoms with Gasteiger partial charge in [-0.15, -0.1) is 0 Å². The van der Waals surface area contributed by atoms with Gasteiger partial charge in [0.05, 0.1) is 4.90 Å². The van der Waals surface area contributed by atoms with Crippen LogP contribution in [0.15, 0.2) is 71.6 Å². The number of nitrogens with zero attached hydrogens (tertiary/aromatic N) is 1. The van der Waals surface area contributed by atoms with Crippen LogP contribution < -0.4 is 9.47 Å². The number of carboxylic acid groups (broad SMARTS) is 1. The van der Waals surface area contributed by atoms with Crippen molar-refractivity contribution in [2.45, 2.75) is 30.8 Å². The van der Waals surface area contributed by atoms with Gasteiger partial charge in [0, 0.05) is 19.5 Å². The highest BCUT2D eigenvalue weighted by Gasteiger charge is 2.26. The molecule has 0 saturated heterocycles. The van der Waals surface area contributed by atoms with E-state index in [1.807, 2.05) is 6.07 Å². The molecule has 0 bridgehead atoms. The van der Waals surface area contributed by atoms with Crippen LogP contribution in [-0.2, 0) is 34.3 Å². The van der Waals surface area contributed by atoms with Gasteiger partial charge >= 0.3 is 5.97 Å². The van der Waals surface area contributed by atoms with Gasteiger partial charge in [0.2, 0.25) is 16.8 Å². The monoisotopic (exact) mass is 471 g/mol. The third kappa shape index (κ3) is 5.50. The molecule has 3 aromatic carbocycles. The second kappa shape index (κ2) is 9.60. The zero-order chi connectivity index (χ0) is 23.4. The number of rotatable bonds is 9. The van der Waals surface area contributed by atoms with Crippen molar-refractivity contribution in [3.63, 3.8) is 0 Å².